The van der Waals surface area contributed by atoms with Crippen molar-refractivity contribution in [2.45, 2.75) is 25.4 Å². The predicted octanol–water partition coefficient (Wildman–Crippen LogP) is 2.51. The molecule has 0 spiro atoms. The van der Waals surface area contributed by atoms with E-state index in [0.717, 1.165) is 28.4 Å². The van der Waals surface area contributed by atoms with Crippen LogP contribution in [0.3, 0.4) is 0 Å². The van der Waals surface area contributed by atoms with Crippen LogP contribution in [0.5, 0.6) is 0 Å². The molecular formula is C15H14BrNO3. The highest BCUT2D eigenvalue weighted by molar-refractivity contribution is 9.10. The number of halogens is 1. The second-order valence-electron chi connectivity index (χ2n) is 6.02. The van der Waals surface area contributed by atoms with Gasteiger partial charge in [0.1, 0.15) is 0 Å². The molecule has 2 saturated carbocycles. The average Bonchev–Trinajstić information content (AvgIpc) is 2.77. The van der Waals surface area contributed by atoms with Gasteiger partial charge in [0.15, 0.2) is 0 Å². The topological polar surface area (TPSA) is 57.6 Å². The number of hydrogen-bond donors (Lipinski definition) is 1. The smallest absolute Gasteiger partial charge is 0.307 e. The molecule has 0 saturated heterocycles. The molecule has 4 rings (SSSR count). The molecule has 2 unspecified atom stereocenters. The number of carboxylic acid groups (broad SMARTS) is 1. The molecule has 104 valence electrons. The van der Waals surface area contributed by atoms with Crippen LogP contribution in [0.4, 0.5) is 0 Å². The van der Waals surface area contributed by atoms with E-state index >= 15 is 0 Å². The summed E-state index contributed by atoms with van der Waals surface area (Å²) in [6, 6.07) is 5.93. The molecule has 5 heteroatoms. The van der Waals surface area contributed by atoms with E-state index in [4.69, 9.17) is 5.11 Å². The molecule has 1 aliphatic heterocycles. The normalized spacial score (nSPS) is 34.0. The molecule has 2 aliphatic carbocycles. The van der Waals surface area contributed by atoms with Gasteiger partial charge in [0.2, 0.25) is 0 Å². The molecule has 4 nitrogen and oxygen atoms in total. The van der Waals surface area contributed by atoms with Crippen molar-refractivity contribution in [3.05, 3.63) is 33.8 Å². The summed E-state index contributed by atoms with van der Waals surface area (Å²) in [5.41, 5.74) is 1.85. The van der Waals surface area contributed by atoms with Gasteiger partial charge in [0.05, 0.1) is 5.92 Å². The van der Waals surface area contributed by atoms with Gasteiger partial charge in [-0.1, -0.05) is 22.0 Å². The predicted molar refractivity (Wildman–Crippen MR) is 75.1 cm³/mol. The maximum Gasteiger partial charge on any atom is 0.307 e. The molecule has 2 atom stereocenters. The van der Waals surface area contributed by atoms with Crippen LogP contribution in [0.15, 0.2) is 22.7 Å². The highest BCUT2D eigenvalue weighted by atomic mass is 79.9. The highest BCUT2D eigenvalue weighted by Crippen LogP contribution is 2.59. The molecule has 1 amide bonds. The zero-order chi connectivity index (χ0) is 14.0. The molecule has 3 aliphatic rings. The quantitative estimate of drug-likeness (QED) is 0.903. The Morgan fingerprint density at radius 2 is 2.00 bits per heavy atom. The molecule has 0 radical (unpaired) electrons. The number of fused-ring (bicyclic) bond motifs is 2. The number of carbonyl (C=O) groups is 2. The zero-order valence-corrected chi connectivity index (χ0v) is 12.3. The van der Waals surface area contributed by atoms with E-state index < -0.39 is 5.97 Å². The summed E-state index contributed by atoms with van der Waals surface area (Å²) in [6.07, 6.45) is 1.69. The van der Waals surface area contributed by atoms with Crippen molar-refractivity contribution in [1.29, 1.82) is 0 Å². The van der Waals surface area contributed by atoms with Crippen molar-refractivity contribution in [3.8, 4) is 0 Å². The minimum atomic E-state index is -0.669. The number of rotatable bonds is 2. The largest absolute Gasteiger partial charge is 0.481 e. The van der Waals surface area contributed by atoms with Gasteiger partial charge in [0, 0.05) is 22.6 Å². The average molecular weight is 336 g/mol. The van der Waals surface area contributed by atoms with Crippen molar-refractivity contribution >= 4 is 27.8 Å². The van der Waals surface area contributed by atoms with Crippen molar-refractivity contribution in [2.24, 2.45) is 17.8 Å². The van der Waals surface area contributed by atoms with E-state index in [2.05, 4.69) is 15.9 Å². The standard InChI is InChI=1S/C15H14BrNO3/c16-12-3-1-2-8-11(12)6-17(14(8)18)7-4-9-10(5-7)13(9)15(19)20/h1-3,7,9-10,13H,4-6H2,(H,19,20). The maximum atomic E-state index is 12.5. The Morgan fingerprint density at radius 3 is 2.60 bits per heavy atom. The van der Waals surface area contributed by atoms with Crippen LogP contribution in [0.1, 0.15) is 28.8 Å². The molecule has 20 heavy (non-hydrogen) atoms. The molecule has 1 aromatic rings. The molecule has 0 bridgehead atoms. The molecule has 2 fully saturated rings. The van der Waals surface area contributed by atoms with Gasteiger partial charge in [0.25, 0.3) is 5.91 Å². The summed E-state index contributed by atoms with van der Waals surface area (Å²) in [5.74, 6) is -0.148. The van der Waals surface area contributed by atoms with Crippen molar-refractivity contribution in [2.75, 3.05) is 0 Å². The van der Waals surface area contributed by atoms with Gasteiger partial charge < -0.3 is 10.0 Å². The highest BCUT2D eigenvalue weighted by Gasteiger charge is 2.61. The fraction of sp³-hybridized carbons (Fsp3) is 0.467. The molecule has 1 N–H and O–H groups in total. The first-order chi connectivity index (χ1) is 9.58. The van der Waals surface area contributed by atoms with Crippen molar-refractivity contribution in [3.63, 3.8) is 0 Å². The third-order valence-electron chi connectivity index (χ3n) is 5.08. The van der Waals surface area contributed by atoms with Gasteiger partial charge in [-0.3, -0.25) is 9.59 Å². The van der Waals surface area contributed by atoms with Crippen LogP contribution in [0, 0.1) is 17.8 Å². The Bertz CT molecular complexity index is 618. The summed E-state index contributed by atoms with van der Waals surface area (Å²) < 4.78 is 0.984. The Labute approximate surface area is 124 Å². The minimum Gasteiger partial charge on any atom is -0.481 e. The number of aliphatic carboxylic acids is 1. The Morgan fingerprint density at radius 1 is 1.30 bits per heavy atom. The second kappa shape index (κ2) is 4.07. The van der Waals surface area contributed by atoms with E-state index in [1.54, 1.807) is 0 Å². The van der Waals surface area contributed by atoms with Crippen LogP contribution in [0.25, 0.3) is 0 Å². The summed E-state index contributed by atoms with van der Waals surface area (Å²) >= 11 is 3.50. The Kier molecular flexibility index (Phi) is 2.52. The lowest BCUT2D eigenvalue weighted by Gasteiger charge is -2.25. The van der Waals surface area contributed by atoms with Gasteiger partial charge in [-0.2, -0.15) is 0 Å². The third-order valence-corrected chi connectivity index (χ3v) is 5.83. The lowest BCUT2D eigenvalue weighted by Crippen LogP contribution is -2.35. The van der Waals surface area contributed by atoms with E-state index in [9.17, 15) is 9.59 Å². The van der Waals surface area contributed by atoms with E-state index in [0.29, 0.717) is 6.54 Å². The fourth-order valence-electron chi connectivity index (χ4n) is 4.04. The molecule has 0 aromatic heterocycles. The van der Waals surface area contributed by atoms with Crippen LogP contribution in [-0.4, -0.2) is 27.9 Å². The van der Waals surface area contributed by atoms with Gasteiger partial charge >= 0.3 is 5.97 Å². The second-order valence-corrected chi connectivity index (χ2v) is 6.87. The van der Waals surface area contributed by atoms with Crippen LogP contribution >= 0.6 is 15.9 Å². The number of nitrogens with zero attached hydrogens (tertiary/aromatic N) is 1. The van der Waals surface area contributed by atoms with Gasteiger partial charge in [-0.25, -0.2) is 0 Å². The molecule has 1 heterocycles. The summed E-state index contributed by atoms with van der Waals surface area (Å²) in [4.78, 5) is 25.4. The summed E-state index contributed by atoms with van der Waals surface area (Å²) in [5, 5.41) is 9.05. The van der Waals surface area contributed by atoms with E-state index in [-0.39, 0.29) is 29.7 Å². The van der Waals surface area contributed by atoms with Gasteiger partial charge in [-0.05, 0) is 42.4 Å². The minimum absolute atomic E-state index is 0.0967. The third kappa shape index (κ3) is 1.59. The fourth-order valence-corrected chi connectivity index (χ4v) is 4.54. The SMILES string of the molecule is O=C(O)C1C2CC(N3Cc4c(Br)cccc4C3=O)CC21. The Balaban J connectivity index is 1.53. The van der Waals surface area contributed by atoms with Gasteiger partial charge in [-0.15, -0.1) is 0 Å². The van der Waals surface area contributed by atoms with Crippen LogP contribution in [-0.2, 0) is 11.3 Å². The number of amides is 1. The number of carboxylic acids is 1. The van der Waals surface area contributed by atoms with E-state index in [1.807, 2.05) is 23.1 Å². The monoisotopic (exact) mass is 335 g/mol. The number of carbonyl (C=O) groups excluding carboxylic acids is 1. The van der Waals surface area contributed by atoms with E-state index in [1.165, 1.54) is 0 Å². The Hall–Kier alpha value is -1.36. The summed E-state index contributed by atoms with van der Waals surface area (Å²) in [7, 11) is 0. The summed E-state index contributed by atoms with van der Waals surface area (Å²) in [6.45, 7) is 0.650. The van der Waals surface area contributed by atoms with Crippen molar-refractivity contribution < 1.29 is 14.7 Å². The number of hydrogen-bond acceptors (Lipinski definition) is 2. The van der Waals surface area contributed by atoms with Crippen LogP contribution in [0.2, 0.25) is 0 Å². The first-order valence-corrected chi connectivity index (χ1v) is 7.68. The zero-order valence-electron chi connectivity index (χ0n) is 10.8. The lowest BCUT2D eigenvalue weighted by atomic mass is 10.1. The first kappa shape index (κ1) is 12.4. The molecule has 1 aromatic carbocycles. The van der Waals surface area contributed by atoms with Crippen LogP contribution < -0.4 is 0 Å². The lowest BCUT2D eigenvalue weighted by molar-refractivity contribution is -0.139. The first-order valence-electron chi connectivity index (χ1n) is 6.89. The van der Waals surface area contributed by atoms with Crippen molar-refractivity contribution in [1.82, 2.24) is 4.90 Å². The maximum absolute atomic E-state index is 12.5. The molecular weight excluding hydrogens is 322 g/mol. The number of benzene rings is 1.